The molecule has 0 saturated heterocycles. The third-order valence-electron chi connectivity index (χ3n) is 4.31. The molecule has 1 N–H and O–H groups in total. The minimum atomic E-state index is -0.949. The highest BCUT2D eigenvalue weighted by molar-refractivity contribution is 8.00. The summed E-state index contributed by atoms with van der Waals surface area (Å²) in [6.07, 6.45) is 0. The van der Waals surface area contributed by atoms with E-state index < -0.39 is 11.2 Å². The normalized spacial score (nSPS) is 12.2. The predicted octanol–water partition coefficient (Wildman–Crippen LogP) is 4.68. The van der Waals surface area contributed by atoms with Crippen LogP contribution in [-0.4, -0.2) is 25.9 Å². The smallest absolute Gasteiger partial charge is 0.316 e. The fraction of sp³-hybridized carbons (Fsp3) is 0.0952. The molecule has 4 aromatic rings. The number of aliphatic carboxylic acids is 1. The van der Waals surface area contributed by atoms with Gasteiger partial charge in [-0.3, -0.25) is 14.2 Å². The molecule has 0 spiro atoms. The van der Waals surface area contributed by atoms with Crippen LogP contribution in [0.4, 0.5) is 0 Å². The molecule has 1 atom stereocenters. The topological polar surface area (TPSA) is 72.2 Å². The number of para-hydroxylation sites is 1. The van der Waals surface area contributed by atoms with Gasteiger partial charge in [-0.15, -0.1) is 11.3 Å². The Balaban J connectivity index is 2.00. The Morgan fingerprint density at radius 3 is 2.39 bits per heavy atom. The molecule has 0 aliphatic heterocycles. The van der Waals surface area contributed by atoms with Gasteiger partial charge in [0.15, 0.2) is 5.16 Å². The molecule has 1 unspecified atom stereocenters. The maximum atomic E-state index is 13.5. The van der Waals surface area contributed by atoms with Gasteiger partial charge in [-0.1, -0.05) is 60.3 Å². The Labute approximate surface area is 169 Å². The number of carbonyl (C=O) groups is 1. The third-order valence-corrected chi connectivity index (χ3v) is 6.22. The van der Waals surface area contributed by atoms with Gasteiger partial charge >= 0.3 is 5.97 Å². The molecule has 0 amide bonds. The molecule has 0 aliphatic rings. The summed E-state index contributed by atoms with van der Waals surface area (Å²) in [4.78, 5) is 30.2. The fourth-order valence-electron chi connectivity index (χ4n) is 2.89. The fourth-order valence-corrected chi connectivity index (χ4v) is 4.74. The lowest BCUT2D eigenvalue weighted by Gasteiger charge is -2.14. The Morgan fingerprint density at radius 1 is 1.11 bits per heavy atom. The lowest BCUT2D eigenvalue weighted by atomic mass is 10.1. The first-order valence-electron chi connectivity index (χ1n) is 8.61. The van der Waals surface area contributed by atoms with Crippen LogP contribution in [0.3, 0.4) is 0 Å². The van der Waals surface area contributed by atoms with E-state index in [1.165, 1.54) is 15.9 Å². The number of aromatic nitrogens is 2. The van der Waals surface area contributed by atoms with E-state index in [1.807, 2.05) is 66.0 Å². The monoisotopic (exact) mass is 408 g/mol. The number of carboxylic acid groups (broad SMARTS) is 1. The summed E-state index contributed by atoms with van der Waals surface area (Å²) in [5, 5.41) is 11.4. The van der Waals surface area contributed by atoms with Crippen LogP contribution in [0.1, 0.15) is 6.92 Å². The number of nitrogens with zero attached hydrogens (tertiary/aromatic N) is 2. The van der Waals surface area contributed by atoms with Crippen LogP contribution < -0.4 is 5.56 Å². The van der Waals surface area contributed by atoms with Crippen molar-refractivity contribution in [2.75, 3.05) is 0 Å². The van der Waals surface area contributed by atoms with Gasteiger partial charge in [0, 0.05) is 10.9 Å². The first-order valence-corrected chi connectivity index (χ1v) is 10.4. The minimum absolute atomic E-state index is 0.198. The van der Waals surface area contributed by atoms with Gasteiger partial charge in [0.25, 0.3) is 5.56 Å². The van der Waals surface area contributed by atoms with Gasteiger partial charge in [0.05, 0.1) is 11.1 Å². The zero-order valence-corrected chi connectivity index (χ0v) is 16.5. The van der Waals surface area contributed by atoms with Crippen molar-refractivity contribution >= 4 is 39.3 Å². The van der Waals surface area contributed by atoms with Crippen LogP contribution in [0, 0.1) is 0 Å². The molecule has 4 rings (SSSR count). The van der Waals surface area contributed by atoms with E-state index in [-0.39, 0.29) is 5.56 Å². The largest absolute Gasteiger partial charge is 0.480 e. The summed E-state index contributed by atoms with van der Waals surface area (Å²) in [6.45, 7) is 1.59. The molecule has 0 radical (unpaired) electrons. The highest BCUT2D eigenvalue weighted by atomic mass is 32.2. The van der Waals surface area contributed by atoms with Crippen molar-refractivity contribution in [3.8, 4) is 16.8 Å². The van der Waals surface area contributed by atoms with Gasteiger partial charge in [0.2, 0.25) is 0 Å². The Bertz CT molecular complexity index is 1200. The quantitative estimate of drug-likeness (QED) is 0.383. The highest BCUT2D eigenvalue weighted by Crippen LogP contribution is 2.33. The molecule has 2 heterocycles. The van der Waals surface area contributed by atoms with Gasteiger partial charge in [-0.05, 0) is 24.6 Å². The molecule has 0 saturated carbocycles. The van der Waals surface area contributed by atoms with Gasteiger partial charge in [-0.2, -0.15) is 0 Å². The van der Waals surface area contributed by atoms with E-state index in [0.717, 1.165) is 22.9 Å². The molecule has 28 heavy (non-hydrogen) atoms. The standard InChI is InChI=1S/C21H16N2O3S2/c1-13(20(25)26)28-21-22-18-17(16(12-27-18)14-8-4-2-5-9-14)19(24)23(21)15-10-6-3-7-11-15/h2-13H,1H3,(H,25,26). The van der Waals surface area contributed by atoms with Crippen molar-refractivity contribution in [3.63, 3.8) is 0 Å². The lowest BCUT2D eigenvalue weighted by molar-refractivity contribution is -0.136. The van der Waals surface area contributed by atoms with E-state index in [0.29, 0.717) is 21.1 Å². The number of hydrogen-bond donors (Lipinski definition) is 1. The Kier molecular flexibility index (Phi) is 5.02. The van der Waals surface area contributed by atoms with Crippen LogP contribution in [0.2, 0.25) is 0 Å². The molecule has 0 fully saturated rings. The van der Waals surface area contributed by atoms with E-state index >= 15 is 0 Å². The average Bonchev–Trinajstić information content (AvgIpc) is 3.13. The van der Waals surface area contributed by atoms with Gasteiger partial charge in [-0.25, -0.2) is 4.98 Å². The Hall–Kier alpha value is -2.90. The molecular formula is C21H16N2O3S2. The van der Waals surface area contributed by atoms with Gasteiger partial charge in [0.1, 0.15) is 10.1 Å². The zero-order chi connectivity index (χ0) is 19.7. The molecule has 2 aromatic carbocycles. The highest BCUT2D eigenvalue weighted by Gasteiger charge is 2.22. The lowest BCUT2D eigenvalue weighted by Crippen LogP contribution is -2.23. The molecule has 0 aliphatic carbocycles. The van der Waals surface area contributed by atoms with Crippen LogP contribution in [0.5, 0.6) is 0 Å². The van der Waals surface area contributed by atoms with E-state index in [4.69, 9.17) is 0 Å². The van der Waals surface area contributed by atoms with Crippen LogP contribution in [-0.2, 0) is 4.79 Å². The molecule has 140 valence electrons. The first kappa shape index (κ1) is 18.5. The van der Waals surface area contributed by atoms with Crippen LogP contribution >= 0.6 is 23.1 Å². The van der Waals surface area contributed by atoms with E-state index in [1.54, 1.807) is 6.92 Å². The zero-order valence-electron chi connectivity index (χ0n) is 14.9. The van der Waals surface area contributed by atoms with Crippen molar-refractivity contribution in [1.82, 2.24) is 9.55 Å². The summed E-state index contributed by atoms with van der Waals surface area (Å²) in [5.41, 5.74) is 2.25. The number of thiophene rings is 1. The first-order chi connectivity index (χ1) is 13.6. The Morgan fingerprint density at radius 2 is 1.75 bits per heavy atom. The SMILES string of the molecule is CC(Sc1nc2scc(-c3ccccc3)c2c(=O)n1-c1ccccc1)C(=O)O. The van der Waals surface area contributed by atoms with Crippen molar-refractivity contribution in [3.05, 3.63) is 76.4 Å². The average molecular weight is 409 g/mol. The molecule has 0 bridgehead atoms. The number of carboxylic acids is 1. The maximum Gasteiger partial charge on any atom is 0.316 e. The second kappa shape index (κ2) is 7.61. The number of fused-ring (bicyclic) bond motifs is 1. The van der Waals surface area contributed by atoms with E-state index in [2.05, 4.69) is 4.98 Å². The van der Waals surface area contributed by atoms with Crippen molar-refractivity contribution in [2.24, 2.45) is 0 Å². The summed E-state index contributed by atoms with van der Waals surface area (Å²) in [6, 6.07) is 18.9. The number of benzene rings is 2. The minimum Gasteiger partial charge on any atom is -0.480 e. The van der Waals surface area contributed by atoms with Crippen molar-refractivity contribution in [2.45, 2.75) is 17.3 Å². The second-order valence-electron chi connectivity index (χ2n) is 6.16. The van der Waals surface area contributed by atoms with Crippen LogP contribution in [0.15, 0.2) is 76.0 Å². The van der Waals surface area contributed by atoms with Crippen LogP contribution in [0.25, 0.3) is 27.0 Å². The number of thioether (sulfide) groups is 1. The maximum absolute atomic E-state index is 13.5. The second-order valence-corrected chi connectivity index (χ2v) is 8.33. The number of rotatable bonds is 5. The summed E-state index contributed by atoms with van der Waals surface area (Å²) < 4.78 is 1.51. The third kappa shape index (κ3) is 3.34. The van der Waals surface area contributed by atoms with Crippen molar-refractivity contribution in [1.29, 1.82) is 0 Å². The number of hydrogen-bond acceptors (Lipinski definition) is 5. The van der Waals surface area contributed by atoms with Gasteiger partial charge < -0.3 is 5.11 Å². The molecule has 5 nitrogen and oxygen atoms in total. The van der Waals surface area contributed by atoms with Crippen molar-refractivity contribution < 1.29 is 9.90 Å². The molecule has 2 aromatic heterocycles. The molecular weight excluding hydrogens is 392 g/mol. The summed E-state index contributed by atoms with van der Waals surface area (Å²) in [7, 11) is 0. The summed E-state index contributed by atoms with van der Waals surface area (Å²) >= 11 is 2.46. The van der Waals surface area contributed by atoms with E-state index in [9.17, 15) is 14.7 Å². The predicted molar refractivity (Wildman–Crippen MR) is 114 cm³/mol. The molecule has 7 heteroatoms. The summed E-state index contributed by atoms with van der Waals surface area (Å²) in [5.74, 6) is -0.949.